The van der Waals surface area contributed by atoms with Gasteiger partial charge >= 0.3 is 0 Å². The van der Waals surface area contributed by atoms with E-state index in [1.165, 1.54) is 19.8 Å². The zero-order valence-corrected chi connectivity index (χ0v) is 15.0. The zero-order valence-electron chi connectivity index (χ0n) is 14.2. The second kappa shape index (κ2) is 10.1. The van der Waals surface area contributed by atoms with Gasteiger partial charge in [-0.1, -0.05) is 6.92 Å². The summed E-state index contributed by atoms with van der Waals surface area (Å²) in [6.45, 7) is 8.10. The van der Waals surface area contributed by atoms with Crippen LogP contribution in [0.15, 0.2) is 0 Å². The van der Waals surface area contributed by atoms with Gasteiger partial charge in [-0.3, -0.25) is 9.59 Å². The SMILES string of the molecule is CC(=O)NCC1CN(C(=O)CC(C)C2CCNCC2)CCO1.Cl. The molecule has 0 spiro atoms. The second-order valence-corrected chi connectivity index (χ2v) is 6.54. The number of amides is 2. The van der Waals surface area contributed by atoms with Gasteiger partial charge in [-0.15, -0.1) is 12.4 Å². The Hall–Kier alpha value is -0.850. The highest BCUT2D eigenvalue weighted by atomic mass is 35.5. The summed E-state index contributed by atoms with van der Waals surface area (Å²) >= 11 is 0. The van der Waals surface area contributed by atoms with Gasteiger partial charge in [0.1, 0.15) is 0 Å². The molecule has 6 nitrogen and oxygen atoms in total. The molecule has 0 aliphatic carbocycles. The van der Waals surface area contributed by atoms with E-state index in [1.54, 1.807) is 0 Å². The fraction of sp³-hybridized carbons (Fsp3) is 0.875. The van der Waals surface area contributed by atoms with Crippen LogP contribution in [0.25, 0.3) is 0 Å². The molecule has 2 saturated heterocycles. The van der Waals surface area contributed by atoms with Gasteiger partial charge in [0.25, 0.3) is 0 Å². The first-order valence-electron chi connectivity index (χ1n) is 8.40. The summed E-state index contributed by atoms with van der Waals surface area (Å²) in [6.07, 6.45) is 2.87. The molecule has 134 valence electrons. The number of ether oxygens (including phenoxy) is 1. The number of nitrogens with one attached hydrogen (secondary N) is 2. The molecule has 2 fully saturated rings. The fourth-order valence-electron chi connectivity index (χ4n) is 3.31. The molecule has 0 bridgehead atoms. The molecule has 2 amide bonds. The summed E-state index contributed by atoms with van der Waals surface area (Å²) in [6, 6.07) is 0. The van der Waals surface area contributed by atoms with Crippen LogP contribution >= 0.6 is 12.4 Å². The number of rotatable bonds is 5. The van der Waals surface area contributed by atoms with Crippen LogP contribution < -0.4 is 10.6 Å². The van der Waals surface area contributed by atoms with Crippen LogP contribution in [0.1, 0.15) is 33.1 Å². The monoisotopic (exact) mass is 347 g/mol. The van der Waals surface area contributed by atoms with E-state index in [2.05, 4.69) is 17.6 Å². The van der Waals surface area contributed by atoms with Crippen molar-refractivity contribution in [2.24, 2.45) is 11.8 Å². The third-order valence-electron chi connectivity index (χ3n) is 4.76. The Morgan fingerprint density at radius 2 is 2.04 bits per heavy atom. The lowest BCUT2D eigenvalue weighted by atomic mass is 9.84. The Labute approximate surface area is 145 Å². The van der Waals surface area contributed by atoms with Gasteiger partial charge in [0.05, 0.1) is 12.7 Å². The summed E-state index contributed by atoms with van der Waals surface area (Å²) in [7, 11) is 0. The van der Waals surface area contributed by atoms with Crippen LogP contribution in [0.3, 0.4) is 0 Å². The molecule has 2 heterocycles. The standard InChI is InChI=1S/C16H29N3O3.ClH/c1-12(14-3-5-17-6-4-14)9-16(21)19-7-8-22-15(11-19)10-18-13(2)20;/h12,14-15,17H,3-11H2,1-2H3,(H,18,20);1H. The van der Waals surface area contributed by atoms with Gasteiger partial charge in [0.2, 0.25) is 11.8 Å². The van der Waals surface area contributed by atoms with Crippen molar-refractivity contribution in [1.29, 1.82) is 0 Å². The van der Waals surface area contributed by atoms with Gasteiger partial charge in [-0.25, -0.2) is 0 Å². The molecule has 2 aliphatic rings. The van der Waals surface area contributed by atoms with Gasteiger partial charge in [0, 0.05) is 33.0 Å². The maximum absolute atomic E-state index is 12.5. The molecule has 2 unspecified atom stereocenters. The molecule has 0 aromatic carbocycles. The van der Waals surface area contributed by atoms with E-state index < -0.39 is 0 Å². The van der Waals surface area contributed by atoms with Crippen molar-refractivity contribution in [3.05, 3.63) is 0 Å². The maximum Gasteiger partial charge on any atom is 0.223 e. The minimum absolute atomic E-state index is 0. The molecule has 0 aromatic heterocycles. The van der Waals surface area contributed by atoms with Crippen LogP contribution in [-0.4, -0.2) is 62.1 Å². The highest BCUT2D eigenvalue weighted by Crippen LogP contribution is 2.25. The molecule has 2 N–H and O–H groups in total. The van der Waals surface area contributed by atoms with Crippen molar-refractivity contribution < 1.29 is 14.3 Å². The zero-order chi connectivity index (χ0) is 15.9. The Kier molecular flexibility index (Phi) is 8.87. The Balaban J connectivity index is 0.00000264. The van der Waals surface area contributed by atoms with Crippen LogP contribution in [0.5, 0.6) is 0 Å². The van der Waals surface area contributed by atoms with Crippen LogP contribution in [0, 0.1) is 11.8 Å². The predicted molar refractivity (Wildman–Crippen MR) is 91.6 cm³/mol. The summed E-state index contributed by atoms with van der Waals surface area (Å²) in [4.78, 5) is 25.4. The number of morpholine rings is 1. The molecule has 2 aliphatic heterocycles. The topological polar surface area (TPSA) is 70.7 Å². The summed E-state index contributed by atoms with van der Waals surface area (Å²) in [5.74, 6) is 1.25. The second-order valence-electron chi connectivity index (χ2n) is 6.54. The average molecular weight is 348 g/mol. The summed E-state index contributed by atoms with van der Waals surface area (Å²) in [5.41, 5.74) is 0. The molecule has 0 saturated carbocycles. The molecule has 2 rings (SSSR count). The molecule has 7 heteroatoms. The minimum atomic E-state index is -0.0872. The highest BCUT2D eigenvalue weighted by Gasteiger charge is 2.28. The third-order valence-corrected chi connectivity index (χ3v) is 4.76. The maximum atomic E-state index is 12.5. The Morgan fingerprint density at radius 1 is 1.35 bits per heavy atom. The predicted octanol–water partition coefficient (Wildman–Crippen LogP) is 0.797. The van der Waals surface area contributed by atoms with E-state index in [-0.39, 0.29) is 30.3 Å². The van der Waals surface area contributed by atoms with Crippen molar-refractivity contribution in [3.63, 3.8) is 0 Å². The number of halogens is 1. The molecule has 0 radical (unpaired) electrons. The van der Waals surface area contributed by atoms with Crippen LogP contribution in [0.4, 0.5) is 0 Å². The lowest BCUT2D eigenvalue weighted by molar-refractivity contribution is -0.140. The van der Waals surface area contributed by atoms with Crippen molar-refractivity contribution >= 4 is 24.2 Å². The number of piperidine rings is 1. The Morgan fingerprint density at radius 3 is 2.70 bits per heavy atom. The van der Waals surface area contributed by atoms with Crippen molar-refractivity contribution in [2.75, 3.05) is 39.3 Å². The Bertz CT molecular complexity index is 389. The quantitative estimate of drug-likeness (QED) is 0.771. The van der Waals surface area contributed by atoms with Gasteiger partial charge in [-0.05, 0) is 37.8 Å². The van der Waals surface area contributed by atoms with Gasteiger partial charge in [0.15, 0.2) is 0 Å². The van der Waals surface area contributed by atoms with Crippen molar-refractivity contribution in [3.8, 4) is 0 Å². The number of carbonyl (C=O) groups excluding carboxylic acids is 2. The molecule has 23 heavy (non-hydrogen) atoms. The normalized spacial score (nSPS) is 23.7. The van der Waals surface area contributed by atoms with Crippen LogP contribution in [0.2, 0.25) is 0 Å². The van der Waals surface area contributed by atoms with Gasteiger partial charge in [-0.2, -0.15) is 0 Å². The first-order chi connectivity index (χ1) is 10.6. The first-order valence-corrected chi connectivity index (χ1v) is 8.40. The van der Waals surface area contributed by atoms with E-state index in [0.29, 0.717) is 44.5 Å². The van der Waals surface area contributed by atoms with Crippen molar-refractivity contribution in [1.82, 2.24) is 15.5 Å². The van der Waals surface area contributed by atoms with E-state index in [9.17, 15) is 9.59 Å². The minimum Gasteiger partial charge on any atom is -0.373 e. The lowest BCUT2D eigenvalue weighted by Gasteiger charge is -2.35. The number of carbonyl (C=O) groups is 2. The number of hydrogen-bond donors (Lipinski definition) is 2. The molecule has 2 atom stereocenters. The number of hydrogen-bond acceptors (Lipinski definition) is 4. The molecule has 0 aromatic rings. The van der Waals surface area contributed by atoms with E-state index >= 15 is 0 Å². The van der Waals surface area contributed by atoms with Gasteiger partial charge < -0.3 is 20.3 Å². The van der Waals surface area contributed by atoms with Crippen molar-refractivity contribution in [2.45, 2.75) is 39.2 Å². The molecular weight excluding hydrogens is 318 g/mol. The van der Waals surface area contributed by atoms with Crippen LogP contribution in [-0.2, 0) is 14.3 Å². The van der Waals surface area contributed by atoms with E-state index in [0.717, 1.165) is 13.1 Å². The first kappa shape index (κ1) is 20.2. The highest BCUT2D eigenvalue weighted by molar-refractivity contribution is 5.85. The largest absolute Gasteiger partial charge is 0.373 e. The average Bonchev–Trinajstić information content (AvgIpc) is 2.54. The third kappa shape index (κ3) is 6.65. The lowest BCUT2D eigenvalue weighted by Crippen LogP contribution is -2.49. The molecular formula is C16H30ClN3O3. The van der Waals surface area contributed by atoms with E-state index in [1.807, 2.05) is 4.90 Å². The smallest absolute Gasteiger partial charge is 0.223 e. The fourth-order valence-corrected chi connectivity index (χ4v) is 3.31. The summed E-state index contributed by atoms with van der Waals surface area (Å²) in [5, 5.41) is 6.13. The summed E-state index contributed by atoms with van der Waals surface area (Å²) < 4.78 is 5.61. The van der Waals surface area contributed by atoms with E-state index in [4.69, 9.17) is 4.74 Å². The number of nitrogens with zero attached hydrogens (tertiary/aromatic N) is 1.